The number of esters is 1. The normalized spacial score (nSPS) is 10.3. The Labute approximate surface area is 147 Å². The maximum Gasteiger partial charge on any atom is 0.344 e. The summed E-state index contributed by atoms with van der Waals surface area (Å²) in [6.45, 7) is 2.58. The molecule has 1 amide bonds. The van der Waals surface area contributed by atoms with Crippen LogP contribution in [0, 0.1) is 31.3 Å². The molecule has 0 aliphatic heterocycles. The van der Waals surface area contributed by atoms with Crippen LogP contribution >= 0.6 is 0 Å². The van der Waals surface area contributed by atoms with E-state index in [0.717, 1.165) is 17.2 Å². The first-order valence-corrected chi connectivity index (χ1v) is 7.57. The van der Waals surface area contributed by atoms with E-state index in [9.17, 15) is 22.8 Å². The number of hydrogen-bond acceptors (Lipinski definition) is 4. The smallest absolute Gasteiger partial charge is 0.344 e. The summed E-state index contributed by atoms with van der Waals surface area (Å²) in [5.41, 5.74) is 1.32. The molecule has 26 heavy (non-hydrogen) atoms. The highest BCUT2D eigenvalue weighted by molar-refractivity contribution is 5.93. The predicted molar refractivity (Wildman–Crippen MR) is 87.3 cm³/mol. The summed E-state index contributed by atoms with van der Waals surface area (Å²) in [6.07, 6.45) is 0. The summed E-state index contributed by atoms with van der Waals surface area (Å²) in [6, 6.07) is 6.92. The standard InChI is InChI=1S/C18H16F3NO4/c1-10-3-6-14(11(2)7-10)25-9-16(24)26-8-15(23)22-13-5-4-12(19)17(20)18(13)21/h3-7H,8-9H2,1-2H3,(H,22,23). The van der Waals surface area contributed by atoms with Gasteiger partial charge in [0.15, 0.2) is 30.7 Å². The molecule has 0 saturated carbocycles. The van der Waals surface area contributed by atoms with Gasteiger partial charge >= 0.3 is 5.97 Å². The first kappa shape index (κ1) is 19.3. The molecule has 0 radical (unpaired) electrons. The second-order valence-corrected chi connectivity index (χ2v) is 5.49. The lowest BCUT2D eigenvalue weighted by molar-refractivity contribution is -0.149. The van der Waals surface area contributed by atoms with E-state index < -0.39 is 48.2 Å². The van der Waals surface area contributed by atoms with Crippen molar-refractivity contribution in [3.63, 3.8) is 0 Å². The molecule has 1 N–H and O–H groups in total. The van der Waals surface area contributed by atoms with Gasteiger partial charge in [-0.3, -0.25) is 4.79 Å². The van der Waals surface area contributed by atoms with E-state index >= 15 is 0 Å². The van der Waals surface area contributed by atoms with E-state index in [0.29, 0.717) is 11.8 Å². The number of benzene rings is 2. The molecular weight excluding hydrogens is 351 g/mol. The van der Waals surface area contributed by atoms with Gasteiger partial charge in [-0.1, -0.05) is 17.7 Å². The molecule has 0 bridgehead atoms. The second-order valence-electron chi connectivity index (χ2n) is 5.49. The van der Waals surface area contributed by atoms with Crippen LogP contribution in [-0.2, 0) is 14.3 Å². The van der Waals surface area contributed by atoms with Crippen LogP contribution in [0.15, 0.2) is 30.3 Å². The molecule has 138 valence electrons. The first-order chi connectivity index (χ1) is 12.3. The van der Waals surface area contributed by atoms with Crippen LogP contribution in [0.3, 0.4) is 0 Å². The summed E-state index contributed by atoms with van der Waals surface area (Å²) in [7, 11) is 0. The number of hydrogen-bond donors (Lipinski definition) is 1. The second kappa shape index (κ2) is 8.37. The first-order valence-electron chi connectivity index (χ1n) is 7.57. The fourth-order valence-corrected chi connectivity index (χ4v) is 2.09. The maximum absolute atomic E-state index is 13.4. The zero-order valence-corrected chi connectivity index (χ0v) is 14.1. The highest BCUT2D eigenvalue weighted by Crippen LogP contribution is 2.20. The van der Waals surface area contributed by atoms with Gasteiger partial charge in [0.1, 0.15) is 5.75 Å². The van der Waals surface area contributed by atoms with Crippen molar-refractivity contribution in [2.45, 2.75) is 13.8 Å². The Morgan fingerprint density at radius 1 is 1.00 bits per heavy atom. The van der Waals surface area contributed by atoms with E-state index in [2.05, 4.69) is 4.74 Å². The van der Waals surface area contributed by atoms with Crippen LogP contribution in [0.5, 0.6) is 5.75 Å². The number of halogens is 3. The van der Waals surface area contributed by atoms with Crippen molar-refractivity contribution in [2.75, 3.05) is 18.5 Å². The minimum atomic E-state index is -1.71. The molecule has 0 spiro atoms. The largest absolute Gasteiger partial charge is 0.482 e. The predicted octanol–water partition coefficient (Wildman–Crippen LogP) is 3.28. The van der Waals surface area contributed by atoms with E-state index in [1.54, 1.807) is 6.07 Å². The Morgan fingerprint density at radius 3 is 2.42 bits per heavy atom. The molecule has 0 fully saturated rings. The van der Waals surface area contributed by atoms with Gasteiger partial charge in [0, 0.05) is 0 Å². The molecule has 0 aliphatic carbocycles. The highest BCUT2D eigenvalue weighted by atomic mass is 19.2. The van der Waals surface area contributed by atoms with E-state index in [4.69, 9.17) is 4.74 Å². The average molecular weight is 367 g/mol. The van der Waals surface area contributed by atoms with Gasteiger partial charge in [0.25, 0.3) is 5.91 Å². The molecule has 0 aromatic heterocycles. The third kappa shape index (κ3) is 4.98. The minimum absolute atomic E-state index is 0.420. The van der Waals surface area contributed by atoms with Crippen molar-refractivity contribution in [3.8, 4) is 5.75 Å². The molecule has 5 nitrogen and oxygen atoms in total. The SMILES string of the molecule is Cc1ccc(OCC(=O)OCC(=O)Nc2ccc(F)c(F)c2F)c(C)c1. The van der Waals surface area contributed by atoms with E-state index in [1.165, 1.54) is 0 Å². The van der Waals surface area contributed by atoms with Crippen LogP contribution in [0.2, 0.25) is 0 Å². The number of rotatable bonds is 6. The van der Waals surface area contributed by atoms with Crippen LogP contribution in [-0.4, -0.2) is 25.1 Å². The zero-order chi connectivity index (χ0) is 19.3. The third-order valence-corrected chi connectivity index (χ3v) is 3.35. The van der Waals surface area contributed by atoms with Crippen LogP contribution in [0.4, 0.5) is 18.9 Å². The average Bonchev–Trinajstić information content (AvgIpc) is 2.59. The summed E-state index contributed by atoms with van der Waals surface area (Å²) in [5, 5.41) is 1.98. The van der Waals surface area contributed by atoms with Gasteiger partial charge in [-0.25, -0.2) is 18.0 Å². The summed E-state index contributed by atoms with van der Waals surface area (Å²) in [5.74, 6) is -5.85. The van der Waals surface area contributed by atoms with Crippen LogP contribution in [0.25, 0.3) is 0 Å². The molecule has 0 heterocycles. The Bertz CT molecular complexity index is 839. The summed E-state index contributed by atoms with van der Waals surface area (Å²) in [4.78, 5) is 23.2. The lowest BCUT2D eigenvalue weighted by atomic mass is 10.1. The van der Waals surface area contributed by atoms with Crippen LogP contribution in [0.1, 0.15) is 11.1 Å². The molecule has 0 unspecified atom stereocenters. The number of carbonyl (C=O) groups excluding carboxylic acids is 2. The van der Waals surface area contributed by atoms with Gasteiger partial charge in [-0.15, -0.1) is 0 Å². The fraction of sp³-hybridized carbons (Fsp3) is 0.222. The molecule has 0 saturated heterocycles. The quantitative estimate of drug-likeness (QED) is 0.629. The minimum Gasteiger partial charge on any atom is -0.482 e. The van der Waals surface area contributed by atoms with Gasteiger partial charge in [-0.2, -0.15) is 0 Å². The zero-order valence-electron chi connectivity index (χ0n) is 14.1. The number of anilines is 1. The van der Waals surface area contributed by atoms with Crippen molar-refractivity contribution in [1.82, 2.24) is 0 Å². The van der Waals surface area contributed by atoms with Crippen molar-refractivity contribution in [1.29, 1.82) is 0 Å². The number of aryl methyl sites for hydroxylation is 2. The molecule has 0 aliphatic rings. The third-order valence-electron chi connectivity index (χ3n) is 3.35. The molecular formula is C18H16F3NO4. The van der Waals surface area contributed by atoms with E-state index in [-0.39, 0.29) is 0 Å². The van der Waals surface area contributed by atoms with Gasteiger partial charge in [0.05, 0.1) is 5.69 Å². The number of amides is 1. The fourth-order valence-electron chi connectivity index (χ4n) is 2.09. The van der Waals surface area contributed by atoms with Gasteiger partial charge in [-0.05, 0) is 37.6 Å². The molecule has 2 aromatic rings. The van der Waals surface area contributed by atoms with Crippen molar-refractivity contribution in [3.05, 3.63) is 58.9 Å². The Kier molecular flexibility index (Phi) is 6.21. The summed E-state index contributed by atoms with van der Waals surface area (Å²) < 4.78 is 49.3. The topological polar surface area (TPSA) is 64.6 Å². The van der Waals surface area contributed by atoms with Crippen LogP contribution < -0.4 is 10.1 Å². The lowest BCUT2D eigenvalue weighted by Crippen LogP contribution is -2.24. The number of nitrogens with one attached hydrogen (secondary N) is 1. The Balaban J connectivity index is 1.82. The highest BCUT2D eigenvalue weighted by Gasteiger charge is 2.16. The number of carbonyl (C=O) groups is 2. The van der Waals surface area contributed by atoms with Crippen molar-refractivity contribution in [2.24, 2.45) is 0 Å². The lowest BCUT2D eigenvalue weighted by Gasteiger charge is -2.10. The monoisotopic (exact) mass is 367 g/mol. The summed E-state index contributed by atoms with van der Waals surface area (Å²) >= 11 is 0. The van der Waals surface area contributed by atoms with Crippen molar-refractivity contribution < 1.29 is 32.2 Å². The molecule has 0 atom stereocenters. The Hall–Kier alpha value is -3.03. The van der Waals surface area contributed by atoms with Crippen molar-refractivity contribution >= 4 is 17.6 Å². The number of ether oxygens (including phenoxy) is 2. The molecule has 2 rings (SSSR count). The van der Waals surface area contributed by atoms with E-state index in [1.807, 2.05) is 31.3 Å². The molecule has 2 aromatic carbocycles. The Morgan fingerprint density at radius 2 is 1.73 bits per heavy atom. The molecule has 8 heteroatoms. The van der Waals surface area contributed by atoms with Gasteiger partial charge in [0.2, 0.25) is 0 Å². The maximum atomic E-state index is 13.4. The van der Waals surface area contributed by atoms with Gasteiger partial charge < -0.3 is 14.8 Å².